The Morgan fingerprint density at radius 2 is 1.71 bits per heavy atom. The molecular weight excluding hydrogens is 304 g/mol. The van der Waals surface area contributed by atoms with Crippen molar-refractivity contribution in [1.29, 1.82) is 0 Å². The van der Waals surface area contributed by atoms with Gasteiger partial charge in [0.15, 0.2) is 5.75 Å². The summed E-state index contributed by atoms with van der Waals surface area (Å²) < 4.78 is 11.3. The van der Waals surface area contributed by atoms with Gasteiger partial charge in [-0.3, -0.25) is 0 Å². The molecule has 126 valence electrons. The molecule has 5 nitrogen and oxygen atoms in total. The molecule has 1 fully saturated rings. The maximum absolute atomic E-state index is 12.2. The number of hydrogen-bond donors (Lipinski definition) is 2. The lowest BCUT2D eigenvalue weighted by molar-refractivity contribution is 0.0806. The lowest BCUT2D eigenvalue weighted by atomic mass is 10.1. The van der Waals surface area contributed by atoms with E-state index in [1.807, 2.05) is 55.5 Å². The Kier molecular flexibility index (Phi) is 5.33. The molecule has 1 aliphatic heterocycles. The van der Waals surface area contributed by atoms with Crippen LogP contribution in [0.15, 0.2) is 48.5 Å². The van der Waals surface area contributed by atoms with E-state index in [-0.39, 0.29) is 12.1 Å². The molecule has 0 bridgehead atoms. The van der Waals surface area contributed by atoms with E-state index >= 15 is 0 Å². The van der Waals surface area contributed by atoms with Crippen LogP contribution in [-0.4, -0.2) is 25.3 Å². The molecule has 0 saturated carbocycles. The van der Waals surface area contributed by atoms with Crippen molar-refractivity contribution in [2.75, 3.05) is 18.5 Å². The van der Waals surface area contributed by atoms with E-state index in [9.17, 15) is 4.79 Å². The molecule has 0 unspecified atom stereocenters. The van der Waals surface area contributed by atoms with Gasteiger partial charge in [-0.05, 0) is 43.5 Å². The highest BCUT2D eigenvalue weighted by Crippen LogP contribution is 2.30. The van der Waals surface area contributed by atoms with Gasteiger partial charge < -0.3 is 20.1 Å². The quantitative estimate of drug-likeness (QED) is 0.890. The number of carbonyl (C=O) groups excluding carboxylic acids is 1. The topological polar surface area (TPSA) is 59.6 Å². The number of amides is 2. The lowest BCUT2D eigenvalue weighted by Crippen LogP contribution is -2.41. The largest absolute Gasteiger partial charge is 0.455 e. The molecule has 2 aromatic carbocycles. The van der Waals surface area contributed by atoms with Gasteiger partial charge in [0, 0.05) is 19.3 Å². The normalized spacial score (nSPS) is 14.9. The van der Waals surface area contributed by atoms with Crippen LogP contribution in [0.1, 0.15) is 18.4 Å². The van der Waals surface area contributed by atoms with E-state index in [0.717, 1.165) is 24.2 Å². The number of rotatable bonds is 4. The molecule has 5 heteroatoms. The molecule has 24 heavy (non-hydrogen) atoms. The second-order valence-corrected chi connectivity index (χ2v) is 5.85. The predicted octanol–water partition coefficient (Wildman–Crippen LogP) is 4.09. The van der Waals surface area contributed by atoms with E-state index in [0.29, 0.717) is 24.7 Å². The van der Waals surface area contributed by atoms with Crippen molar-refractivity contribution < 1.29 is 14.3 Å². The Balaban J connectivity index is 1.67. The average Bonchev–Trinajstić information content (AvgIpc) is 2.59. The minimum atomic E-state index is -0.220. The number of hydrogen-bond acceptors (Lipinski definition) is 3. The van der Waals surface area contributed by atoms with Crippen LogP contribution < -0.4 is 15.4 Å². The van der Waals surface area contributed by atoms with Gasteiger partial charge in [0.2, 0.25) is 0 Å². The van der Waals surface area contributed by atoms with Crippen LogP contribution in [0.25, 0.3) is 0 Å². The maximum Gasteiger partial charge on any atom is 0.319 e. The number of carbonyl (C=O) groups is 1. The monoisotopic (exact) mass is 326 g/mol. The Morgan fingerprint density at radius 1 is 1.04 bits per heavy atom. The molecule has 0 spiro atoms. The Morgan fingerprint density at radius 3 is 2.46 bits per heavy atom. The zero-order valence-corrected chi connectivity index (χ0v) is 13.7. The first-order chi connectivity index (χ1) is 11.7. The van der Waals surface area contributed by atoms with Crippen molar-refractivity contribution in [2.24, 2.45) is 0 Å². The van der Waals surface area contributed by atoms with Gasteiger partial charge in [-0.15, -0.1) is 0 Å². The lowest BCUT2D eigenvalue weighted by Gasteiger charge is -2.23. The fraction of sp³-hybridized carbons (Fsp3) is 0.316. The molecular formula is C19H22N2O3. The van der Waals surface area contributed by atoms with Gasteiger partial charge in [0.05, 0.1) is 5.69 Å². The molecule has 2 aromatic rings. The smallest absolute Gasteiger partial charge is 0.319 e. The summed E-state index contributed by atoms with van der Waals surface area (Å²) in [5, 5.41) is 5.87. The van der Waals surface area contributed by atoms with Gasteiger partial charge >= 0.3 is 6.03 Å². The van der Waals surface area contributed by atoms with Crippen LogP contribution >= 0.6 is 0 Å². The minimum absolute atomic E-state index is 0.156. The molecule has 3 rings (SSSR count). The molecule has 0 radical (unpaired) electrons. The first-order valence-corrected chi connectivity index (χ1v) is 8.20. The van der Waals surface area contributed by atoms with Crippen LogP contribution in [0.2, 0.25) is 0 Å². The van der Waals surface area contributed by atoms with E-state index in [2.05, 4.69) is 10.6 Å². The van der Waals surface area contributed by atoms with Crippen molar-refractivity contribution in [3.05, 3.63) is 54.1 Å². The Hall–Kier alpha value is -2.53. The maximum atomic E-state index is 12.2. The van der Waals surface area contributed by atoms with E-state index in [4.69, 9.17) is 9.47 Å². The fourth-order valence-corrected chi connectivity index (χ4v) is 2.63. The van der Waals surface area contributed by atoms with Crippen LogP contribution in [0.5, 0.6) is 11.5 Å². The second-order valence-electron chi connectivity index (χ2n) is 5.85. The summed E-state index contributed by atoms with van der Waals surface area (Å²) in [6.45, 7) is 3.37. The zero-order chi connectivity index (χ0) is 16.8. The number of para-hydroxylation sites is 3. The molecule has 2 amide bonds. The molecule has 0 aliphatic carbocycles. The summed E-state index contributed by atoms with van der Waals surface area (Å²) in [7, 11) is 0. The van der Waals surface area contributed by atoms with E-state index in [1.54, 1.807) is 0 Å². The SMILES string of the molecule is Cc1ccccc1Oc1ccccc1NC(=O)NC1CCOCC1. The van der Waals surface area contributed by atoms with Crippen LogP contribution in [-0.2, 0) is 4.74 Å². The summed E-state index contributed by atoms with van der Waals surface area (Å²) in [5.74, 6) is 1.39. The van der Waals surface area contributed by atoms with E-state index < -0.39 is 0 Å². The number of ether oxygens (including phenoxy) is 2. The number of benzene rings is 2. The van der Waals surface area contributed by atoms with Gasteiger partial charge in [0.25, 0.3) is 0 Å². The standard InChI is InChI=1S/C19H22N2O3/c1-14-6-2-4-8-17(14)24-18-9-5-3-7-16(18)21-19(22)20-15-10-12-23-13-11-15/h2-9,15H,10-13H2,1H3,(H2,20,21,22). The summed E-state index contributed by atoms with van der Waals surface area (Å²) >= 11 is 0. The van der Waals surface area contributed by atoms with Crippen molar-refractivity contribution >= 4 is 11.7 Å². The van der Waals surface area contributed by atoms with Crippen molar-refractivity contribution in [1.82, 2.24) is 5.32 Å². The third-order valence-electron chi connectivity index (χ3n) is 4.01. The number of urea groups is 1. The van der Waals surface area contributed by atoms with Gasteiger partial charge in [-0.25, -0.2) is 4.79 Å². The summed E-state index contributed by atoms with van der Waals surface area (Å²) in [6, 6.07) is 15.2. The minimum Gasteiger partial charge on any atom is -0.455 e. The molecule has 0 atom stereocenters. The summed E-state index contributed by atoms with van der Waals surface area (Å²) in [4.78, 5) is 12.2. The average molecular weight is 326 g/mol. The third-order valence-corrected chi connectivity index (χ3v) is 4.01. The van der Waals surface area contributed by atoms with Crippen molar-refractivity contribution in [3.8, 4) is 11.5 Å². The molecule has 0 aromatic heterocycles. The Bertz CT molecular complexity index is 697. The second kappa shape index (κ2) is 7.84. The zero-order valence-electron chi connectivity index (χ0n) is 13.7. The first kappa shape index (κ1) is 16.3. The van der Waals surface area contributed by atoms with Crippen molar-refractivity contribution in [2.45, 2.75) is 25.8 Å². The number of nitrogens with one attached hydrogen (secondary N) is 2. The highest BCUT2D eigenvalue weighted by molar-refractivity contribution is 5.91. The fourth-order valence-electron chi connectivity index (χ4n) is 2.63. The highest BCUT2D eigenvalue weighted by Gasteiger charge is 2.17. The first-order valence-electron chi connectivity index (χ1n) is 8.20. The third kappa shape index (κ3) is 4.26. The van der Waals surface area contributed by atoms with Crippen LogP contribution in [0.4, 0.5) is 10.5 Å². The molecule has 1 aliphatic rings. The van der Waals surface area contributed by atoms with Gasteiger partial charge in [-0.1, -0.05) is 30.3 Å². The molecule has 1 heterocycles. The van der Waals surface area contributed by atoms with E-state index in [1.165, 1.54) is 0 Å². The highest BCUT2D eigenvalue weighted by atomic mass is 16.5. The molecule has 2 N–H and O–H groups in total. The van der Waals surface area contributed by atoms with Crippen LogP contribution in [0.3, 0.4) is 0 Å². The summed E-state index contributed by atoms with van der Waals surface area (Å²) in [6.07, 6.45) is 1.68. The molecule has 1 saturated heterocycles. The van der Waals surface area contributed by atoms with Crippen LogP contribution in [0, 0.1) is 6.92 Å². The number of anilines is 1. The van der Waals surface area contributed by atoms with Crippen molar-refractivity contribution in [3.63, 3.8) is 0 Å². The summed E-state index contributed by atoms with van der Waals surface area (Å²) in [5.41, 5.74) is 1.68. The predicted molar refractivity (Wildman–Crippen MR) is 93.7 cm³/mol. The van der Waals surface area contributed by atoms with Gasteiger partial charge in [-0.2, -0.15) is 0 Å². The van der Waals surface area contributed by atoms with Gasteiger partial charge in [0.1, 0.15) is 5.75 Å². The Labute approximate surface area is 142 Å². The number of aryl methyl sites for hydroxylation is 1.